The Labute approximate surface area is 308 Å². The topological polar surface area (TPSA) is 138 Å². The summed E-state index contributed by atoms with van der Waals surface area (Å²) in [6.45, 7) is 10.3. The molecule has 2 aromatic rings. The molecule has 0 unspecified atom stereocenters. The second-order valence-corrected chi connectivity index (χ2v) is 11.8. The number of alkyl carbamates (subject to hydrolysis) is 1. The van der Waals surface area contributed by atoms with Crippen LogP contribution in [0.3, 0.4) is 0 Å². The Kier molecular flexibility index (Phi) is 24.4. The highest BCUT2D eigenvalue weighted by atomic mass is 16.6. The van der Waals surface area contributed by atoms with Crippen molar-refractivity contribution >= 4 is 12.1 Å². The van der Waals surface area contributed by atoms with Crippen molar-refractivity contribution in [2.45, 2.75) is 38.5 Å². The molecule has 0 aromatic heterocycles. The Bertz CT molecular complexity index is 1170. The molecule has 0 bridgehead atoms. The molecule has 292 valence electrons. The van der Waals surface area contributed by atoms with Crippen LogP contribution in [0.1, 0.15) is 49.7 Å². The molecule has 13 heteroatoms. The predicted octanol–water partition coefficient (Wildman–Crippen LogP) is 4.78. The second-order valence-electron chi connectivity index (χ2n) is 11.8. The normalized spacial score (nSPS) is 12.1. The van der Waals surface area contributed by atoms with Gasteiger partial charge in [0.1, 0.15) is 13.2 Å². The third kappa shape index (κ3) is 19.1. The van der Waals surface area contributed by atoms with Gasteiger partial charge in [-0.2, -0.15) is 0 Å². The van der Waals surface area contributed by atoms with Crippen LogP contribution < -0.4 is 5.32 Å². The Morgan fingerprint density at radius 2 is 0.923 bits per heavy atom. The lowest BCUT2D eigenvalue weighted by Gasteiger charge is -2.14. The van der Waals surface area contributed by atoms with E-state index in [-0.39, 0.29) is 25.1 Å². The van der Waals surface area contributed by atoms with E-state index in [2.05, 4.69) is 36.5 Å². The average Bonchev–Trinajstić information content (AvgIpc) is 3.48. The van der Waals surface area contributed by atoms with Gasteiger partial charge in [-0.05, 0) is 28.7 Å². The van der Waals surface area contributed by atoms with Gasteiger partial charge in [-0.25, -0.2) is 4.79 Å². The summed E-state index contributed by atoms with van der Waals surface area (Å²) in [5.41, 5.74) is 4.77. The number of unbranched alkanes of at least 4 members (excludes halogenated alkanes) is 2. The smallest absolute Gasteiger partial charge is 0.407 e. The summed E-state index contributed by atoms with van der Waals surface area (Å²) in [6.07, 6.45) is 3.02. The van der Waals surface area contributed by atoms with Crippen molar-refractivity contribution < 1.29 is 57.0 Å². The third-order valence-corrected chi connectivity index (χ3v) is 7.94. The molecule has 0 saturated carbocycles. The Morgan fingerprint density at radius 3 is 1.37 bits per heavy atom. The summed E-state index contributed by atoms with van der Waals surface area (Å²) in [4.78, 5) is 23.7. The van der Waals surface area contributed by atoms with Crippen LogP contribution in [0.4, 0.5) is 4.79 Å². The highest BCUT2D eigenvalue weighted by molar-refractivity contribution is 5.79. The molecule has 0 saturated heterocycles. The molecule has 52 heavy (non-hydrogen) atoms. The van der Waals surface area contributed by atoms with Crippen LogP contribution in [0.15, 0.2) is 48.5 Å². The minimum atomic E-state index is -0.454. The first kappa shape index (κ1) is 43.3. The van der Waals surface area contributed by atoms with Gasteiger partial charge in [-0.15, -0.1) is 0 Å². The second kappa shape index (κ2) is 29.3. The lowest BCUT2D eigenvalue weighted by molar-refractivity contribution is -0.145. The largest absolute Gasteiger partial charge is 0.463 e. The third-order valence-electron chi connectivity index (χ3n) is 7.94. The van der Waals surface area contributed by atoms with Gasteiger partial charge in [0.2, 0.25) is 0 Å². The van der Waals surface area contributed by atoms with Gasteiger partial charge in [0.05, 0.1) is 106 Å². The van der Waals surface area contributed by atoms with E-state index in [1.54, 1.807) is 0 Å². The zero-order valence-electron chi connectivity index (χ0n) is 30.9. The van der Waals surface area contributed by atoms with Crippen molar-refractivity contribution in [1.29, 1.82) is 0 Å². The maximum Gasteiger partial charge on any atom is 0.407 e. The quantitative estimate of drug-likeness (QED) is 0.0798. The van der Waals surface area contributed by atoms with Crippen molar-refractivity contribution in [3.8, 4) is 11.1 Å². The number of rotatable bonds is 33. The first-order chi connectivity index (χ1) is 25.7. The molecule has 1 N–H and O–H groups in total. The molecule has 0 aliphatic heterocycles. The minimum Gasteiger partial charge on any atom is -0.463 e. The van der Waals surface area contributed by atoms with Crippen LogP contribution in [0.5, 0.6) is 0 Å². The number of esters is 1. The number of amides is 1. The van der Waals surface area contributed by atoms with E-state index in [1.807, 2.05) is 24.3 Å². The summed E-state index contributed by atoms with van der Waals surface area (Å²) in [5, 5.41) is 2.74. The van der Waals surface area contributed by atoms with E-state index in [1.165, 1.54) is 22.3 Å². The van der Waals surface area contributed by atoms with Crippen molar-refractivity contribution in [3.63, 3.8) is 0 Å². The van der Waals surface area contributed by atoms with E-state index in [9.17, 15) is 9.59 Å². The Hall–Kier alpha value is -3.14. The summed E-state index contributed by atoms with van der Waals surface area (Å²) >= 11 is 0. The van der Waals surface area contributed by atoms with E-state index >= 15 is 0 Å². The van der Waals surface area contributed by atoms with Crippen LogP contribution in [0, 0.1) is 0 Å². The standard InChI is InChI=1S/C39H59NO12/c1-2-3-4-13-38(41)51-31-30-50-29-28-49-27-26-48-25-24-47-23-22-46-21-20-45-19-18-44-17-16-43-15-14-40-39(42)52-32-37-35-11-7-5-9-33(35)34-10-6-8-12-36(34)37/h5-12,37H,2-4,13-32H2,1H3,(H,40,42). The van der Waals surface area contributed by atoms with Crippen molar-refractivity contribution in [3.05, 3.63) is 59.7 Å². The highest BCUT2D eigenvalue weighted by Gasteiger charge is 2.28. The monoisotopic (exact) mass is 733 g/mol. The number of carbonyl (C=O) groups is 2. The maximum absolute atomic E-state index is 12.2. The number of hydrogen-bond acceptors (Lipinski definition) is 12. The van der Waals surface area contributed by atoms with Gasteiger partial charge in [-0.3, -0.25) is 4.79 Å². The number of fused-ring (bicyclic) bond motifs is 3. The van der Waals surface area contributed by atoms with Crippen LogP contribution >= 0.6 is 0 Å². The van der Waals surface area contributed by atoms with Crippen LogP contribution in [0.25, 0.3) is 11.1 Å². The zero-order valence-corrected chi connectivity index (χ0v) is 30.9. The summed E-state index contributed by atoms with van der Waals surface area (Å²) in [6, 6.07) is 16.5. The summed E-state index contributed by atoms with van der Waals surface area (Å²) in [5.74, 6) is -0.128. The lowest BCUT2D eigenvalue weighted by Crippen LogP contribution is -2.29. The van der Waals surface area contributed by atoms with Gasteiger partial charge in [0.25, 0.3) is 0 Å². The van der Waals surface area contributed by atoms with E-state index < -0.39 is 6.09 Å². The Balaban J connectivity index is 0.968. The summed E-state index contributed by atoms with van der Waals surface area (Å²) in [7, 11) is 0. The van der Waals surface area contributed by atoms with Gasteiger partial charge >= 0.3 is 12.1 Å². The fourth-order valence-electron chi connectivity index (χ4n) is 5.32. The number of ether oxygens (including phenoxy) is 10. The maximum atomic E-state index is 12.2. The molecule has 0 atom stereocenters. The average molecular weight is 734 g/mol. The van der Waals surface area contributed by atoms with Gasteiger partial charge < -0.3 is 52.7 Å². The van der Waals surface area contributed by atoms with Crippen molar-refractivity contribution in [2.24, 2.45) is 0 Å². The summed E-state index contributed by atoms with van der Waals surface area (Å²) < 4.78 is 54.4. The minimum absolute atomic E-state index is 0.0356. The molecular formula is C39H59NO12. The molecule has 2 aromatic carbocycles. The van der Waals surface area contributed by atoms with E-state index in [4.69, 9.17) is 47.4 Å². The molecule has 13 nitrogen and oxygen atoms in total. The molecule has 0 heterocycles. The molecule has 0 radical (unpaired) electrons. The molecule has 1 amide bonds. The number of hydrogen-bond donors (Lipinski definition) is 1. The molecule has 0 spiro atoms. The predicted molar refractivity (Wildman–Crippen MR) is 195 cm³/mol. The highest BCUT2D eigenvalue weighted by Crippen LogP contribution is 2.44. The number of benzene rings is 2. The van der Waals surface area contributed by atoms with Crippen LogP contribution in [-0.2, 0) is 52.2 Å². The van der Waals surface area contributed by atoms with Gasteiger partial charge in [0.15, 0.2) is 0 Å². The first-order valence-electron chi connectivity index (χ1n) is 18.6. The van der Waals surface area contributed by atoms with Crippen LogP contribution in [-0.4, -0.2) is 138 Å². The first-order valence-corrected chi connectivity index (χ1v) is 18.6. The molecule has 0 fully saturated rings. The van der Waals surface area contributed by atoms with E-state index in [0.29, 0.717) is 119 Å². The fourth-order valence-corrected chi connectivity index (χ4v) is 5.32. The zero-order chi connectivity index (χ0) is 36.7. The van der Waals surface area contributed by atoms with Gasteiger partial charge in [0, 0.05) is 18.9 Å². The number of carbonyl (C=O) groups excluding carboxylic acids is 2. The molecule has 1 aliphatic rings. The molecular weight excluding hydrogens is 674 g/mol. The molecule has 3 rings (SSSR count). The lowest BCUT2D eigenvalue weighted by atomic mass is 9.98. The molecule has 1 aliphatic carbocycles. The number of nitrogens with one attached hydrogen (secondary N) is 1. The SMILES string of the molecule is CCCCCC(=O)OCCOCCOCCOCCOCCOCCOCCOCCOCCNC(=O)OCC1c2ccccc2-c2ccccc21. The van der Waals surface area contributed by atoms with Crippen molar-refractivity contribution in [1.82, 2.24) is 5.32 Å². The van der Waals surface area contributed by atoms with E-state index in [0.717, 1.165) is 19.3 Å². The van der Waals surface area contributed by atoms with Gasteiger partial charge in [-0.1, -0.05) is 68.3 Å². The Morgan fingerprint density at radius 1 is 0.519 bits per heavy atom. The van der Waals surface area contributed by atoms with Crippen molar-refractivity contribution in [2.75, 3.05) is 125 Å². The van der Waals surface area contributed by atoms with Crippen LogP contribution in [0.2, 0.25) is 0 Å². The fraction of sp³-hybridized carbons (Fsp3) is 0.641.